The Balaban J connectivity index is 1.43. The summed E-state index contributed by atoms with van der Waals surface area (Å²) in [6.07, 6.45) is 4.19. The third-order valence-corrected chi connectivity index (χ3v) is 5.52. The third kappa shape index (κ3) is 2.58. The minimum Gasteiger partial charge on any atom is -0.339 e. The van der Waals surface area contributed by atoms with Gasteiger partial charge in [0.1, 0.15) is 5.54 Å². The number of aromatic nitrogens is 2. The van der Waals surface area contributed by atoms with E-state index in [-0.39, 0.29) is 17.9 Å². The Bertz CT molecular complexity index is 670. The van der Waals surface area contributed by atoms with E-state index in [2.05, 4.69) is 20.4 Å². The van der Waals surface area contributed by atoms with Gasteiger partial charge in [-0.1, -0.05) is 5.16 Å². The minimum atomic E-state index is -0.819. The summed E-state index contributed by atoms with van der Waals surface area (Å²) in [4.78, 5) is 32.2. The van der Waals surface area contributed by atoms with E-state index in [9.17, 15) is 9.59 Å². The summed E-state index contributed by atoms with van der Waals surface area (Å²) in [5, 5.41) is 6.95. The van der Waals surface area contributed by atoms with Gasteiger partial charge in [0.15, 0.2) is 5.82 Å². The van der Waals surface area contributed by atoms with Crippen molar-refractivity contribution in [1.82, 2.24) is 25.3 Å². The SMILES string of the molecule is CN1C(=O)NC(C)(C2CCCN(Cc3noc(C4CC4)n3)C2)C1=O. The van der Waals surface area contributed by atoms with Crippen molar-refractivity contribution in [2.45, 2.75) is 50.6 Å². The number of amides is 3. The molecule has 8 heteroatoms. The molecule has 1 N–H and O–H groups in total. The van der Waals surface area contributed by atoms with Crippen molar-refractivity contribution in [2.75, 3.05) is 20.1 Å². The fourth-order valence-electron chi connectivity index (χ4n) is 3.77. The van der Waals surface area contributed by atoms with E-state index in [4.69, 9.17) is 4.52 Å². The zero-order valence-corrected chi connectivity index (χ0v) is 14.1. The number of imide groups is 1. The predicted octanol–water partition coefficient (Wildman–Crippen LogP) is 1.10. The Morgan fingerprint density at radius 1 is 1.33 bits per heavy atom. The monoisotopic (exact) mass is 333 g/mol. The van der Waals surface area contributed by atoms with Gasteiger partial charge in [-0.15, -0.1) is 0 Å². The molecule has 24 heavy (non-hydrogen) atoms. The smallest absolute Gasteiger partial charge is 0.324 e. The number of nitrogens with zero attached hydrogens (tertiary/aromatic N) is 4. The lowest BCUT2D eigenvalue weighted by Crippen LogP contribution is -2.55. The quantitative estimate of drug-likeness (QED) is 0.830. The fourth-order valence-corrected chi connectivity index (χ4v) is 3.77. The number of piperidine rings is 1. The second-order valence-electron chi connectivity index (χ2n) is 7.39. The highest BCUT2D eigenvalue weighted by Gasteiger charge is 2.51. The molecule has 1 saturated carbocycles. The van der Waals surface area contributed by atoms with Crippen LogP contribution in [0.3, 0.4) is 0 Å². The molecule has 0 bridgehead atoms. The van der Waals surface area contributed by atoms with Gasteiger partial charge in [-0.2, -0.15) is 4.98 Å². The highest BCUT2D eigenvalue weighted by molar-refractivity contribution is 6.06. The predicted molar refractivity (Wildman–Crippen MR) is 84.0 cm³/mol. The highest BCUT2D eigenvalue weighted by atomic mass is 16.5. The number of likely N-dealkylation sites (N-methyl/N-ethyl adjacent to an activating group) is 1. The van der Waals surface area contributed by atoms with Gasteiger partial charge in [-0.3, -0.25) is 14.6 Å². The molecule has 8 nitrogen and oxygen atoms in total. The zero-order valence-electron chi connectivity index (χ0n) is 14.1. The van der Waals surface area contributed by atoms with E-state index in [1.54, 1.807) is 0 Å². The molecule has 2 atom stereocenters. The van der Waals surface area contributed by atoms with Crippen LogP contribution in [-0.2, 0) is 11.3 Å². The second kappa shape index (κ2) is 5.54. The lowest BCUT2D eigenvalue weighted by Gasteiger charge is -2.39. The third-order valence-electron chi connectivity index (χ3n) is 5.52. The van der Waals surface area contributed by atoms with Gasteiger partial charge in [-0.05, 0) is 39.2 Å². The van der Waals surface area contributed by atoms with Crippen LogP contribution in [0, 0.1) is 5.92 Å². The maximum Gasteiger partial charge on any atom is 0.324 e. The first-order chi connectivity index (χ1) is 11.5. The van der Waals surface area contributed by atoms with Gasteiger partial charge in [-0.25, -0.2) is 4.79 Å². The number of likely N-dealkylation sites (tertiary alicyclic amines) is 1. The maximum atomic E-state index is 12.5. The van der Waals surface area contributed by atoms with E-state index in [0.29, 0.717) is 18.3 Å². The average molecular weight is 333 g/mol. The number of nitrogens with one attached hydrogen (secondary N) is 1. The van der Waals surface area contributed by atoms with Crippen LogP contribution in [-0.4, -0.2) is 57.6 Å². The molecule has 1 aliphatic carbocycles. The van der Waals surface area contributed by atoms with Crippen LogP contribution >= 0.6 is 0 Å². The Hall–Kier alpha value is -1.96. The van der Waals surface area contributed by atoms with Crippen LogP contribution in [0.15, 0.2) is 4.52 Å². The van der Waals surface area contributed by atoms with Crippen molar-refractivity contribution in [3.8, 4) is 0 Å². The molecule has 0 aromatic carbocycles. The number of hydrogen-bond donors (Lipinski definition) is 1. The first-order valence-electron chi connectivity index (χ1n) is 8.62. The second-order valence-corrected chi connectivity index (χ2v) is 7.39. The van der Waals surface area contributed by atoms with Crippen LogP contribution in [0.4, 0.5) is 4.79 Å². The molecule has 2 saturated heterocycles. The average Bonchev–Trinajstić information content (AvgIpc) is 3.29. The van der Waals surface area contributed by atoms with E-state index in [0.717, 1.165) is 44.7 Å². The van der Waals surface area contributed by atoms with Crippen molar-refractivity contribution in [1.29, 1.82) is 0 Å². The molecule has 2 aliphatic heterocycles. The van der Waals surface area contributed by atoms with Crippen molar-refractivity contribution in [3.63, 3.8) is 0 Å². The fraction of sp³-hybridized carbons (Fsp3) is 0.750. The minimum absolute atomic E-state index is 0.0856. The maximum absolute atomic E-state index is 12.5. The number of urea groups is 1. The van der Waals surface area contributed by atoms with Crippen LogP contribution in [0.1, 0.15) is 50.2 Å². The van der Waals surface area contributed by atoms with Crippen molar-refractivity contribution in [3.05, 3.63) is 11.7 Å². The molecule has 4 rings (SSSR count). The normalized spacial score (nSPS) is 31.6. The molecule has 3 heterocycles. The topological polar surface area (TPSA) is 91.6 Å². The summed E-state index contributed by atoms with van der Waals surface area (Å²) in [5.74, 6) is 1.87. The summed E-state index contributed by atoms with van der Waals surface area (Å²) < 4.78 is 5.32. The summed E-state index contributed by atoms with van der Waals surface area (Å²) in [5.41, 5.74) is -0.819. The lowest BCUT2D eigenvalue weighted by molar-refractivity contribution is -0.132. The number of hydrogen-bond acceptors (Lipinski definition) is 6. The molecule has 1 aromatic heterocycles. The summed E-state index contributed by atoms with van der Waals surface area (Å²) in [6.45, 7) is 4.15. The highest BCUT2D eigenvalue weighted by Crippen LogP contribution is 2.39. The Morgan fingerprint density at radius 3 is 2.79 bits per heavy atom. The Labute approximate surface area is 140 Å². The zero-order chi connectivity index (χ0) is 16.9. The van der Waals surface area contributed by atoms with Gasteiger partial charge >= 0.3 is 6.03 Å². The standard InChI is InChI=1S/C16H23N5O3/c1-16(14(22)20(2)15(23)18-16)11-4-3-7-21(8-11)9-12-17-13(24-19-12)10-5-6-10/h10-11H,3-9H2,1-2H3,(H,18,23). The van der Waals surface area contributed by atoms with Crippen molar-refractivity contribution in [2.24, 2.45) is 5.92 Å². The summed E-state index contributed by atoms with van der Waals surface area (Å²) >= 11 is 0. The van der Waals surface area contributed by atoms with E-state index < -0.39 is 5.54 Å². The van der Waals surface area contributed by atoms with Gasteiger partial charge in [0.2, 0.25) is 5.89 Å². The summed E-state index contributed by atoms with van der Waals surface area (Å²) in [6, 6.07) is -0.313. The molecular weight excluding hydrogens is 310 g/mol. The molecule has 3 aliphatic rings. The van der Waals surface area contributed by atoms with Gasteiger partial charge < -0.3 is 9.84 Å². The van der Waals surface area contributed by atoms with Crippen LogP contribution in [0.2, 0.25) is 0 Å². The van der Waals surface area contributed by atoms with Crippen LogP contribution in [0.25, 0.3) is 0 Å². The van der Waals surface area contributed by atoms with Crippen LogP contribution < -0.4 is 5.32 Å². The first-order valence-corrected chi connectivity index (χ1v) is 8.62. The van der Waals surface area contributed by atoms with Gasteiger partial charge in [0.05, 0.1) is 6.54 Å². The largest absolute Gasteiger partial charge is 0.339 e. The van der Waals surface area contributed by atoms with Gasteiger partial charge in [0.25, 0.3) is 5.91 Å². The van der Waals surface area contributed by atoms with Crippen molar-refractivity contribution < 1.29 is 14.1 Å². The number of carbonyl (C=O) groups excluding carboxylic acids is 2. The molecule has 1 aromatic rings. The molecule has 0 radical (unpaired) electrons. The molecule has 0 spiro atoms. The molecular formula is C16H23N5O3. The summed E-state index contributed by atoms with van der Waals surface area (Å²) in [7, 11) is 1.53. The number of carbonyl (C=O) groups is 2. The number of rotatable bonds is 4. The first kappa shape index (κ1) is 15.6. The molecule has 2 unspecified atom stereocenters. The Kier molecular flexibility index (Phi) is 3.59. The van der Waals surface area contributed by atoms with E-state index in [1.165, 1.54) is 11.9 Å². The Morgan fingerprint density at radius 2 is 2.12 bits per heavy atom. The molecule has 3 amide bonds. The molecule has 3 fully saturated rings. The van der Waals surface area contributed by atoms with Gasteiger partial charge in [0, 0.05) is 25.4 Å². The lowest BCUT2D eigenvalue weighted by atomic mass is 9.80. The molecule has 130 valence electrons. The van der Waals surface area contributed by atoms with E-state index >= 15 is 0 Å². The van der Waals surface area contributed by atoms with Crippen LogP contribution in [0.5, 0.6) is 0 Å². The van der Waals surface area contributed by atoms with E-state index in [1.807, 2.05) is 6.92 Å². The van der Waals surface area contributed by atoms with Crippen molar-refractivity contribution >= 4 is 11.9 Å².